The van der Waals surface area contributed by atoms with Gasteiger partial charge in [-0.15, -0.1) is 0 Å². The highest BCUT2D eigenvalue weighted by Gasteiger charge is 2.35. The van der Waals surface area contributed by atoms with E-state index in [2.05, 4.69) is 12.2 Å². The van der Waals surface area contributed by atoms with Crippen molar-refractivity contribution in [1.29, 1.82) is 0 Å². The summed E-state index contributed by atoms with van der Waals surface area (Å²) in [6.45, 7) is 5.03. The van der Waals surface area contributed by atoms with Crippen molar-refractivity contribution in [3.63, 3.8) is 0 Å². The predicted octanol–water partition coefficient (Wildman–Crippen LogP) is 3.31. The van der Waals surface area contributed by atoms with Crippen molar-refractivity contribution >= 4 is 5.91 Å². The maximum Gasteiger partial charge on any atom is 0.251 e. The molecule has 0 aliphatic heterocycles. The molecule has 0 heterocycles. The molecule has 1 aliphatic carbocycles. The molecular weight excluding hydrogens is 210 g/mol. The number of carbonyl (C=O) groups excluding carboxylic acids is 1. The molecule has 1 fully saturated rings. The molecule has 1 amide bonds. The summed E-state index contributed by atoms with van der Waals surface area (Å²) >= 11 is 0. The first-order chi connectivity index (χ1) is 8.17. The molecule has 0 unspecified atom stereocenters. The Morgan fingerprint density at radius 2 is 2.06 bits per heavy atom. The zero-order valence-corrected chi connectivity index (χ0v) is 10.8. The molecule has 0 radical (unpaired) electrons. The molecule has 1 N–H and O–H groups in total. The zero-order valence-electron chi connectivity index (χ0n) is 10.8. The predicted molar refractivity (Wildman–Crippen MR) is 70.1 cm³/mol. The van der Waals surface area contributed by atoms with E-state index in [1.807, 2.05) is 31.2 Å². The number of aryl methyl sites for hydroxylation is 1. The summed E-state index contributed by atoms with van der Waals surface area (Å²) in [6, 6.07) is 7.75. The Morgan fingerprint density at radius 3 is 2.59 bits per heavy atom. The number of amides is 1. The highest BCUT2D eigenvalue weighted by Crippen LogP contribution is 2.43. The minimum absolute atomic E-state index is 0.0721. The van der Waals surface area contributed by atoms with Gasteiger partial charge in [0.25, 0.3) is 5.91 Å². The second kappa shape index (κ2) is 4.91. The van der Waals surface area contributed by atoms with E-state index in [1.54, 1.807) is 0 Å². The van der Waals surface area contributed by atoms with Gasteiger partial charge >= 0.3 is 0 Å². The molecule has 2 nitrogen and oxygen atoms in total. The first-order valence-corrected chi connectivity index (χ1v) is 6.51. The third-order valence-corrected chi connectivity index (χ3v) is 4.18. The molecule has 1 aromatic rings. The SMILES string of the molecule is CCC1(CNC(=O)c2ccccc2C)CCC1. The van der Waals surface area contributed by atoms with Crippen molar-refractivity contribution in [1.82, 2.24) is 5.32 Å². The number of hydrogen-bond acceptors (Lipinski definition) is 1. The normalized spacial score (nSPS) is 17.3. The molecular formula is C15H21NO. The van der Waals surface area contributed by atoms with E-state index in [-0.39, 0.29) is 5.91 Å². The quantitative estimate of drug-likeness (QED) is 0.846. The molecule has 0 atom stereocenters. The number of benzene rings is 1. The van der Waals surface area contributed by atoms with Gasteiger partial charge in [0.2, 0.25) is 0 Å². The van der Waals surface area contributed by atoms with Crippen LogP contribution in [0.3, 0.4) is 0 Å². The van der Waals surface area contributed by atoms with Gasteiger partial charge in [-0.1, -0.05) is 31.5 Å². The van der Waals surface area contributed by atoms with Crippen molar-refractivity contribution in [2.45, 2.75) is 39.5 Å². The first kappa shape index (κ1) is 12.2. The second-order valence-electron chi connectivity index (χ2n) is 5.20. The van der Waals surface area contributed by atoms with Gasteiger partial charge in [-0.2, -0.15) is 0 Å². The van der Waals surface area contributed by atoms with E-state index < -0.39 is 0 Å². The van der Waals surface area contributed by atoms with Gasteiger partial charge in [0, 0.05) is 12.1 Å². The molecule has 0 aromatic heterocycles. The first-order valence-electron chi connectivity index (χ1n) is 6.51. The van der Waals surface area contributed by atoms with Crippen LogP contribution < -0.4 is 5.32 Å². The lowest BCUT2D eigenvalue weighted by molar-refractivity contribution is 0.0849. The molecule has 0 saturated heterocycles. The largest absolute Gasteiger partial charge is 0.351 e. The molecule has 0 bridgehead atoms. The van der Waals surface area contributed by atoms with Crippen LogP contribution in [-0.2, 0) is 0 Å². The van der Waals surface area contributed by atoms with Crippen molar-refractivity contribution in [2.24, 2.45) is 5.41 Å². The molecule has 92 valence electrons. The van der Waals surface area contributed by atoms with Gasteiger partial charge in [0.05, 0.1) is 0 Å². The lowest BCUT2D eigenvalue weighted by Gasteiger charge is -2.41. The minimum atomic E-state index is 0.0721. The van der Waals surface area contributed by atoms with Crippen LogP contribution in [0.4, 0.5) is 0 Å². The summed E-state index contributed by atoms with van der Waals surface area (Å²) < 4.78 is 0. The monoisotopic (exact) mass is 231 g/mol. The van der Waals surface area contributed by atoms with Crippen LogP contribution in [0.2, 0.25) is 0 Å². The van der Waals surface area contributed by atoms with Crippen molar-refractivity contribution in [3.05, 3.63) is 35.4 Å². The summed E-state index contributed by atoms with van der Waals surface area (Å²) in [7, 11) is 0. The number of carbonyl (C=O) groups is 1. The van der Waals surface area contributed by atoms with E-state index in [1.165, 1.54) is 25.7 Å². The molecule has 0 spiro atoms. The molecule has 2 heteroatoms. The smallest absolute Gasteiger partial charge is 0.251 e. The standard InChI is InChI=1S/C15H21NO/c1-3-15(9-6-10-15)11-16-14(17)13-8-5-4-7-12(13)2/h4-5,7-8H,3,6,9-11H2,1-2H3,(H,16,17). The maximum atomic E-state index is 12.1. The Labute approximate surface area is 103 Å². The third-order valence-electron chi connectivity index (χ3n) is 4.18. The van der Waals surface area contributed by atoms with E-state index >= 15 is 0 Å². The van der Waals surface area contributed by atoms with Gasteiger partial charge in [-0.3, -0.25) is 4.79 Å². The summed E-state index contributed by atoms with van der Waals surface area (Å²) in [5.41, 5.74) is 2.24. The fourth-order valence-corrected chi connectivity index (χ4v) is 2.52. The summed E-state index contributed by atoms with van der Waals surface area (Å²) in [5.74, 6) is 0.0721. The fourth-order valence-electron chi connectivity index (χ4n) is 2.52. The molecule has 17 heavy (non-hydrogen) atoms. The van der Waals surface area contributed by atoms with Gasteiger partial charge in [-0.25, -0.2) is 0 Å². The maximum absolute atomic E-state index is 12.1. The van der Waals surface area contributed by atoms with Crippen LogP contribution in [0, 0.1) is 12.3 Å². The molecule has 1 saturated carbocycles. The molecule has 1 aliphatic rings. The van der Waals surface area contributed by atoms with Crippen LogP contribution in [0.15, 0.2) is 24.3 Å². The van der Waals surface area contributed by atoms with Crippen molar-refractivity contribution < 1.29 is 4.79 Å². The van der Waals surface area contributed by atoms with Crippen LogP contribution >= 0.6 is 0 Å². The topological polar surface area (TPSA) is 29.1 Å². The average Bonchev–Trinajstić information content (AvgIpc) is 2.28. The molecule has 2 rings (SSSR count). The van der Waals surface area contributed by atoms with Gasteiger partial charge < -0.3 is 5.32 Å². The Morgan fingerprint density at radius 1 is 1.35 bits per heavy atom. The van der Waals surface area contributed by atoms with Gasteiger partial charge in [0.15, 0.2) is 0 Å². The van der Waals surface area contributed by atoms with E-state index in [4.69, 9.17) is 0 Å². The number of hydrogen-bond donors (Lipinski definition) is 1. The Kier molecular flexibility index (Phi) is 3.51. The Bertz CT molecular complexity index is 402. The van der Waals surface area contributed by atoms with E-state index in [9.17, 15) is 4.79 Å². The lowest BCUT2D eigenvalue weighted by atomic mass is 9.67. The van der Waals surface area contributed by atoms with Gasteiger partial charge in [-0.05, 0) is 43.2 Å². The van der Waals surface area contributed by atoms with Crippen LogP contribution in [0.5, 0.6) is 0 Å². The zero-order chi connectivity index (χ0) is 12.3. The van der Waals surface area contributed by atoms with Crippen LogP contribution in [0.25, 0.3) is 0 Å². The van der Waals surface area contributed by atoms with Crippen LogP contribution in [-0.4, -0.2) is 12.5 Å². The molecule has 1 aromatic carbocycles. The highest BCUT2D eigenvalue weighted by atomic mass is 16.1. The average molecular weight is 231 g/mol. The van der Waals surface area contributed by atoms with Crippen molar-refractivity contribution in [2.75, 3.05) is 6.54 Å². The van der Waals surface area contributed by atoms with Gasteiger partial charge in [0.1, 0.15) is 0 Å². The number of rotatable bonds is 4. The second-order valence-corrected chi connectivity index (χ2v) is 5.20. The summed E-state index contributed by atoms with van der Waals surface area (Å²) in [5, 5.41) is 3.09. The van der Waals surface area contributed by atoms with Crippen LogP contribution in [0.1, 0.15) is 48.5 Å². The fraction of sp³-hybridized carbons (Fsp3) is 0.533. The Balaban J connectivity index is 1.96. The highest BCUT2D eigenvalue weighted by molar-refractivity contribution is 5.95. The minimum Gasteiger partial charge on any atom is -0.351 e. The van der Waals surface area contributed by atoms with E-state index in [0.29, 0.717) is 5.41 Å². The Hall–Kier alpha value is -1.31. The lowest BCUT2D eigenvalue weighted by Crippen LogP contribution is -2.41. The summed E-state index contributed by atoms with van der Waals surface area (Å²) in [6.07, 6.45) is 5.00. The number of nitrogens with one attached hydrogen (secondary N) is 1. The van der Waals surface area contributed by atoms with Crippen molar-refractivity contribution in [3.8, 4) is 0 Å². The van der Waals surface area contributed by atoms with E-state index in [0.717, 1.165) is 17.7 Å². The third kappa shape index (κ3) is 2.51. The summed E-state index contributed by atoms with van der Waals surface area (Å²) in [4.78, 5) is 12.1.